The first-order valence-corrected chi connectivity index (χ1v) is 11.4. The quantitative estimate of drug-likeness (QED) is 0.536. The van der Waals surface area contributed by atoms with Crippen LogP contribution in [0.1, 0.15) is 22.8 Å². The van der Waals surface area contributed by atoms with Crippen LogP contribution in [0.15, 0.2) is 72.8 Å². The lowest BCUT2D eigenvalue weighted by atomic mass is 10.1. The zero-order valence-corrected chi connectivity index (χ0v) is 19.7. The Hall–Kier alpha value is -3.91. The number of benzene rings is 3. The third-order valence-electron chi connectivity index (χ3n) is 6.10. The number of rotatable bonds is 6. The van der Waals surface area contributed by atoms with E-state index in [1.807, 2.05) is 31.2 Å². The molecule has 1 aliphatic rings. The highest BCUT2D eigenvalue weighted by atomic mass is 19.1. The number of nitrogens with zero attached hydrogens (tertiary/aromatic N) is 3. The van der Waals surface area contributed by atoms with Crippen LogP contribution in [0.5, 0.6) is 11.5 Å². The van der Waals surface area contributed by atoms with Gasteiger partial charge >= 0.3 is 6.09 Å². The van der Waals surface area contributed by atoms with Gasteiger partial charge in [-0.1, -0.05) is 24.3 Å². The lowest BCUT2D eigenvalue weighted by Gasteiger charge is -2.38. The maximum Gasteiger partial charge on any atom is 0.407 e. The Kier molecular flexibility index (Phi) is 7.31. The van der Waals surface area contributed by atoms with Crippen LogP contribution in [0.4, 0.5) is 14.9 Å². The van der Waals surface area contributed by atoms with Crippen molar-refractivity contribution in [3.8, 4) is 11.5 Å². The molecule has 0 radical (unpaired) electrons. The van der Waals surface area contributed by atoms with E-state index < -0.39 is 11.9 Å². The molecular formula is C27H28FN3O4. The number of halogens is 1. The summed E-state index contributed by atoms with van der Waals surface area (Å²) in [5.74, 6) is 0.218. The lowest BCUT2D eigenvalue weighted by Crippen LogP contribution is -2.53. The number of hydrogen-bond donors (Lipinski definition) is 1. The second-order valence-electron chi connectivity index (χ2n) is 8.68. The molecule has 1 aliphatic heterocycles. The summed E-state index contributed by atoms with van der Waals surface area (Å²) in [5.41, 5.74) is 2.30. The van der Waals surface area contributed by atoms with Gasteiger partial charge in [-0.15, -0.1) is 0 Å². The van der Waals surface area contributed by atoms with E-state index >= 15 is 0 Å². The molecule has 7 nitrogen and oxygen atoms in total. The monoisotopic (exact) mass is 477 g/mol. The van der Waals surface area contributed by atoms with Gasteiger partial charge in [0.05, 0.1) is 0 Å². The zero-order valence-electron chi connectivity index (χ0n) is 19.7. The first-order chi connectivity index (χ1) is 16.8. The average Bonchev–Trinajstić information content (AvgIpc) is 2.84. The largest absolute Gasteiger partial charge is 0.465 e. The molecular weight excluding hydrogens is 449 g/mol. The van der Waals surface area contributed by atoms with E-state index in [1.54, 1.807) is 48.3 Å². The molecule has 3 aromatic carbocycles. The van der Waals surface area contributed by atoms with E-state index in [1.165, 1.54) is 17.0 Å². The van der Waals surface area contributed by atoms with Crippen LogP contribution in [0.2, 0.25) is 0 Å². The average molecular weight is 478 g/mol. The summed E-state index contributed by atoms with van der Waals surface area (Å²) in [5, 5.41) is 9.24. The highest BCUT2D eigenvalue weighted by molar-refractivity contribution is 6.05. The van der Waals surface area contributed by atoms with E-state index in [0.29, 0.717) is 36.7 Å². The van der Waals surface area contributed by atoms with E-state index in [2.05, 4.69) is 4.90 Å². The van der Waals surface area contributed by atoms with Gasteiger partial charge in [0.15, 0.2) is 0 Å². The second kappa shape index (κ2) is 10.6. The molecule has 1 N–H and O–H groups in total. The van der Waals surface area contributed by atoms with Gasteiger partial charge < -0.3 is 19.6 Å². The molecule has 1 fully saturated rings. The third-order valence-corrected chi connectivity index (χ3v) is 6.10. The van der Waals surface area contributed by atoms with Crippen molar-refractivity contribution in [1.82, 2.24) is 9.80 Å². The molecule has 3 aromatic rings. The van der Waals surface area contributed by atoms with E-state index in [4.69, 9.17) is 4.74 Å². The van der Waals surface area contributed by atoms with Gasteiger partial charge in [0, 0.05) is 56.6 Å². The highest BCUT2D eigenvalue weighted by Crippen LogP contribution is 2.25. The van der Waals surface area contributed by atoms with E-state index in [-0.39, 0.29) is 11.9 Å². The third kappa shape index (κ3) is 5.96. The topological polar surface area (TPSA) is 73.3 Å². The standard InChI is InChI=1S/C27H28FN3O4/c1-19-17-30(13-14-31(19)27(33)34)18-20-9-11-23(12-10-20)29(2)26(32)21-5-3-7-24(15-21)35-25-8-4-6-22(28)16-25/h3-12,15-16,19H,13-14,17-18H2,1-2H3,(H,33,34)/t19-/m0/s1. The summed E-state index contributed by atoms with van der Waals surface area (Å²) in [6.07, 6.45) is -0.875. The first kappa shape index (κ1) is 24.2. The molecule has 0 bridgehead atoms. The Labute approximate surface area is 204 Å². The van der Waals surface area contributed by atoms with Crippen LogP contribution in [-0.4, -0.2) is 59.6 Å². The summed E-state index contributed by atoms with van der Waals surface area (Å²) in [4.78, 5) is 29.6. The van der Waals surface area contributed by atoms with Crippen molar-refractivity contribution in [2.24, 2.45) is 0 Å². The van der Waals surface area contributed by atoms with Crippen LogP contribution in [0.3, 0.4) is 0 Å². The molecule has 2 amide bonds. The number of carboxylic acid groups (broad SMARTS) is 1. The molecule has 182 valence electrons. The number of carbonyl (C=O) groups excluding carboxylic acids is 1. The maximum absolute atomic E-state index is 13.4. The van der Waals surface area contributed by atoms with Crippen LogP contribution < -0.4 is 9.64 Å². The number of hydrogen-bond acceptors (Lipinski definition) is 4. The maximum atomic E-state index is 13.4. The normalized spacial score (nSPS) is 16.1. The minimum atomic E-state index is -0.875. The van der Waals surface area contributed by atoms with Gasteiger partial charge in [0.1, 0.15) is 17.3 Å². The molecule has 4 rings (SSSR count). The Morgan fingerprint density at radius 3 is 2.37 bits per heavy atom. The number of carbonyl (C=O) groups is 2. The fourth-order valence-electron chi connectivity index (χ4n) is 4.21. The predicted octanol–water partition coefficient (Wildman–Crippen LogP) is 5.08. The molecule has 8 heteroatoms. The molecule has 0 spiro atoms. The molecule has 0 aromatic heterocycles. The van der Waals surface area contributed by atoms with Crippen molar-refractivity contribution >= 4 is 17.7 Å². The predicted molar refractivity (Wildman–Crippen MR) is 132 cm³/mol. The summed E-state index contributed by atoms with van der Waals surface area (Å²) in [6, 6.07) is 20.3. The summed E-state index contributed by atoms with van der Waals surface area (Å²) >= 11 is 0. The van der Waals surface area contributed by atoms with E-state index in [9.17, 15) is 19.1 Å². The summed E-state index contributed by atoms with van der Waals surface area (Å²) < 4.78 is 19.1. The van der Waals surface area contributed by atoms with Gasteiger partial charge in [-0.25, -0.2) is 9.18 Å². The highest BCUT2D eigenvalue weighted by Gasteiger charge is 2.27. The fourth-order valence-corrected chi connectivity index (χ4v) is 4.21. The van der Waals surface area contributed by atoms with Gasteiger partial charge in [-0.3, -0.25) is 9.69 Å². The number of anilines is 1. The lowest BCUT2D eigenvalue weighted by molar-refractivity contribution is 0.0711. The van der Waals surface area contributed by atoms with Crippen LogP contribution >= 0.6 is 0 Å². The van der Waals surface area contributed by atoms with Crippen LogP contribution in [0.25, 0.3) is 0 Å². The second-order valence-corrected chi connectivity index (χ2v) is 8.68. The van der Waals surface area contributed by atoms with Crippen molar-refractivity contribution in [1.29, 1.82) is 0 Å². The molecule has 1 saturated heterocycles. The van der Waals surface area contributed by atoms with Gasteiger partial charge in [-0.05, 0) is 55.0 Å². The Bertz CT molecular complexity index is 1200. The Balaban J connectivity index is 1.38. The molecule has 0 saturated carbocycles. The van der Waals surface area contributed by atoms with Gasteiger partial charge in [0.25, 0.3) is 5.91 Å². The van der Waals surface area contributed by atoms with Gasteiger partial charge in [-0.2, -0.15) is 0 Å². The molecule has 1 heterocycles. The number of piperazine rings is 1. The molecule has 0 aliphatic carbocycles. The summed E-state index contributed by atoms with van der Waals surface area (Å²) in [6.45, 7) is 4.50. The van der Waals surface area contributed by atoms with Crippen molar-refractivity contribution in [2.75, 3.05) is 31.6 Å². The first-order valence-electron chi connectivity index (χ1n) is 11.4. The van der Waals surface area contributed by atoms with Crippen molar-refractivity contribution in [2.45, 2.75) is 19.5 Å². The Morgan fingerprint density at radius 2 is 1.71 bits per heavy atom. The minimum absolute atomic E-state index is 0.0510. The minimum Gasteiger partial charge on any atom is -0.465 e. The fraction of sp³-hybridized carbons (Fsp3) is 0.259. The smallest absolute Gasteiger partial charge is 0.407 e. The van der Waals surface area contributed by atoms with E-state index in [0.717, 1.165) is 17.8 Å². The SMILES string of the molecule is C[C@H]1CN(Cc2ccc(N(C)C(=O)c3cccc(Oc4cccc(F)c4)c3)cc2)CCN1C(=O)O. The molecule has 1 atom stereocenters. The van der Waals surface area contributed by atoms with Gasteiger partial charge in [0.2, 0.25) is 0 Å². The Morgan fingerprint density at radius 1 is 1.03 bits per heavy atom. The van der Waals surface area contributed by atoms with Crippen molar-refractivity contribution in [3.63, 3.8) is 0 Å². The number of ether oxygens (including phenoxy) is 1. The van der Waals surface area contributed by atoms with Crippen molar-refractivity contribution < 1.29 is 23.8 Å². The van der Waals surface area contributed by atoms with Crippen molar-refractivity contribution in [3.05, 3.63) is 89.7 Å². The van der Waals surface area contributed by atoms with Crippen LogP contribution in [0, 0.1) is 5.82 Å². The van der Waals surface area contributed by atoms with Crippen LogP contribution in [-0.2, 0) is 6.54 Å². The number of amides is 2. The summed E-state index contributed by atoms with van der Waals surface area (Å²) in [7, 11) is 1.71. The molecule has 35 heavy (non-hydrogen) atoms. The molecule has 0 unspecified atom stereocenters. The zero-order chi connectivity index (χ0) is 24.9.